The Hall–Kier alpha value is -6.78. The van der Waals surface area contributed by atoms with Crippen LogP contribution in [0.2, 0.25) is 0 Å². The van der Waals surface area contributed by atoms with Crippen molar-refractivity contribution in [2.45, 2.75) is 0 Å². The van der Waals surface area contributed by atoms with Gasteiger partial charge in [-0.05, 0) is 76.0 Å². The van der Waals surface area contributed by atoms with E-state index in [9.17, 15) is 0 Å². The Labute approximate surface area is 290 Å². The van der Waals surface area contributed by atoms with E-state index in [-0.39, 0.29) is 0 Å². The van der Waals surface area contributed by atoms with Crippen molar-refractivity contribution in [2.24, 2.45) is 0 Å². The average Bonchev–Trinajstić information content (AvgIpc) is 3.21. The maximum atomic E-state index is 5.46. The molecule has 0 unspecified atom stereocenters. The molecule has 0 saturated heterocycles. The van der Waals surface area contributed by atoms with Gasteiger partial charge in [-0.15, -0.1) is 0 Å². The van der Waals surface area contributed by atoms with Crippen LogP contribution in [0.25, 0.3) is 89.1 Å². The second-order valence-electron chi connectivity index (χ2n) is 12.3. The fraction of sp³-hybridized carbons (Fsp3) is 0. The zero-order valence-electron chi connectivity index (χ0n) is 27.1. The van der Waals surface area contributed by atoms with Crippen LogP contribution in [-0.2, 0) is 0 Å². The molecule has 234 valence electrons. The summed E-state index contributed by atoms with van der Waals surface area (Å²) in [6, 6.07) is 58.9. The van der Waals surface area contributed by atoms with Crippen LogP contribution < -0.4 is 0 Å². The number of fused-ring (bicyclic) bond motifs is 2. The Balaban J connectivity index is 1.34. The van der Waals surface area contributed by atoms with Crippen molar-refractivity contribution in [3.05, 3.63) is 182 Å². The van der Waals surface area contributed by atoms with Gasteiger partial charge in [0.05, 0.1) is 22.6 Å². The van der Waals surface area contributed by atoms with Crippen LogP contribution in [0, 0.1) is 0 Å². The maximum absolute atomic E-state index is 5.46. The summed E-state index contributed by atoms with van der Waals surface area (Å²) in [5, 5.41) is 3.29. The first-order valence-corrected chi connectivity index (χ1v) is 16.7. The van der Waals surface area contributed by atoms with E-state index < -0.39 is 0 Å². The van der Waals surface area contributed by atoms with Gasteiger partial charge in [-0.25, -0.2) is 9.97 Å². The minimum atomic E-state index is 0.660. The van der Waals surface area contributed by atoms with Crippen LogP contribution in [0.3, 0.4) is 0 Å². The predicted molar refractivity (Wildman–Crippen MR) is 205 cm³/mol. The summed E-state index contributed by atoms with van der Waals surface area (Å²) in [6.45, 7) is 0. The van der Waals surface area contributed by atoms with E-state index in [4.69, 9.17) is 15.0 Å². The van der Waals surface area contributed by atoms with E-state index in [1.54, 1.807) is 0 Å². The first kappa shape index (κ1) is 29.4. The molecular weight excluding hydrogens is 609 g/mol. The van der Waals surface area contributed by atoms with Crippen molar-refractivity contribution in [2.75, 3.05) is 0 Å². The fourth-order valence-corrected chi connectivity index (χ4v) is 6.74. The molecule has 6 aromatic carbocycles. The number of benzene rings is 6. The molecule has 50 heavy (non-hydrogen) atoms. The molecule has 4 nitrogen and oxygen atoms in total. The van der Waals surface area contributed by atoms with Crippen LogP contribution in [0.4, 0.5) is 0 Å². The molecule has 0 N–H and O–H groups in total. The molecular formula is C46H30N4. The second-order valence-corrected chi connectivity index (χ2v) is 12.3. The summed E-state index contributed by atoms with van der Waals surface area (Å²) in [5.74, 6) is 0.660. The van der Waals surface area contributed by atoms with Gasteiger partial charge in [0.2, 0.25) is 0 Å². The van der Waals surface area contributed by atoms with E-state index in [0.717, 1.165) is 83.3 Å². The van der Waals surface area contributed by atoms with Crippen molar-refractivity contribution in [3.63, 3.8) is 0 Å². The number of nitrogens with zero attached hydrogens (tertiary/aromatic N) is 4. The molecule has 0 aliphatic rings. The van der Waals surface area contributed by atoms with E-state index in [1.165, 1.54) is 0 Å². The third-order valence-corrected chi connectivity index (χ3v) is 9.15. The van der Waals surface area contributed by atoms with Crippen LogP contribution >= 0.6 is 0 Å². The van der Waals surface area contributed by atoms with E-state index in [1.807, 2.05) is 60.9 Å². The highest BCUT2D eigenvalue weighted by molar-refractivity contribution is 6.14. The van der Waals surface area contributed by atoms with E-state index >= 15 is 0 Å². The molecule has 9 rings (SSSR count). The van der Waals surface area contributed by atoms with Gasteiger partial charge in [0, 0.05) is 45.6 Å². The topological polar surface area (TPSA) is 51.6 Å². The summed E-state index contributed by atoms with van der Waals surface area (Å²) in [6.07, 6.45) is 3.66. The summed E-state index contributed by atoms with van der Waals surface area (Å²) >= 11 is 0. The molecule has 4 heteroatoms. The van der Waals surface area contributed by atoms with Gasteiger partial charge in [0.25, 0.3) is 0 Å². The van der Waals surface area contributed by atoms with Gasteiger partial charge in [-0.2, -0.15) is 0 Å². The van der Waals surface area contributed by atoms with E-state index in [2.05, 4.69) is 126 Å². The number of hydrogen-bond acceptors (Lipinski definition) is 4. The van der Waals surface area contributed by atoms with Crippen LogP contribution in [0.15, 0.2) is 182 Å². The van der Waals surface area contributed by atoms with Gasteiger partial charge >= 0.3 is 0 Å². The van der Waals surface area contributed by atoms with E-state index in [0.29, 0.717) is 5.82 Å². The summed E-state index contributed by atoms with van der Waals surface area (Å²) in [7, 11) is 0. The molecule has 0 amide bonds. The largest absolute Gasteiger partial charge is 0.256 e. The smallest absolute Gasteiger partial charge is 0.160 e. The molecule has 0 spiro atoms. The van der Waals surface area contributed by atoms with Gasteiger partial charge in [-0.1, -0.05) is 121 Å². The molecule has 0 aliphatic carbocycles. The molecule has 0 bridgehead atoms. The molecule has 3 heterocycles. The SMILES string of the molecule is c1ccc(-c2cc(-c3ccccn3)cc(-c3nc(-c4ccccc4)c4cc5ccccc5c(-c5ccc(-c6ccccn6)cc5)c4n3)c2)cc1. The molecule has 3 aromatic heterocycles. The Morgan fingerprint density at radius 3 is 1.62 bits per heavy atom. The molecule has 0 radical (unpaired) electrons. The first-order chi connectivity index (χ1) is 24.8. The summed E-state index contributed by atoms with van der Waals surface area (Å²) < 4.78 is 0. The molecule has 9 aromatic rings. The van der Waals surface area contributed by atoms with Gasteiger partial charge < -0.3 is 0 Å². The maximum Gasteiger partial charge on any atom is 0.160 e. The number of pyridine rings is 2. The molecule has 0 saturated carbocycles. The van der Waals surface area contributed by atoms with Crippen molar-refractivity contribution in [1.82, 2.24) is 19.9 Å². The number of hydrogen-bond donors (Lipinski definition) is 0. The Kier molecular flexibility index (Phi) is 7.45. The average molecular weight is 639 g/mol. The normalized spacial score (nSPS) is 11.2. The minimum absolute atomic E-state index is 0.660. The van der Waals surface area contributed by atoms with Crippen molar-refractivity contribution in [3.8, 4) is 67.4 Å². The third-order valence-electron chi connectivity index (χ3n) is 9.15. The van der Waals surface area contributed by atoms with Gasteiger partial charge in [0.15, 0.2) is 5.82 Å². The summed E-state index contributed by atoms with van der Waals surface area (Å²) in [5.41, 5.74) is 12.1. The van der Waals surface area contributed by atoms with Crippen LogP contribution in [-0.4, -0.2) is 19.9 Å². The lowest BCUT2D eigenvalue weighted by molar-refractivity contribution is 1.23. The Morgan fingerprint density at radius 1 is 0.340 bits per heavy atom. The highest BCUT2D eigenvalue weighted by Gasteiger charge is 2.19. The van der Waals surface area contributed by atoms with Crippen molar-refractivity contribution in [1.29, 1.82) is 0 Å². The Morgan fingerprint density at radius 2 is 0.920 bits per heavy atom. The van der Waals surface area contributed by atoms with Crippen LogP contribution in [0.1, 0.15) is 0 Å². The lowest BCUT2D eigenvalue weighted by Crippen LogP contribution is -1.99. The predicted octanol–water partition coefficient (Wildman–Crippen LogP) is 11.6. The molecule has 0 aliphatic heterocycles. The third kappa shape index (κ3) is 5.49. The second kappa shape index (κ2) is 12.7. The summed E-state index contributed by atoms with van der Waals surface area (Å²) in [4.78, 5) is 20.1. The molecule has 0 atom stereocenters. The lowest BCUT2D eigenvalue weighted by atomic mass is 9.92. The van der Waals surface area contributed by atoms with Gasteiger partial charge in [0.1, 0.15) is 0 Å². The van der Waals surface area contributed by atoms with Gasteiger partial charge in [-0.3, -0.25) is 9.97 Å². The fourth-order valence-electron chi connectivity index (χ4n) is 6.74. The highest BCUT2D eigenvalue weighted by atomic mass is 14.9. The zero-order valence-corrected chi connectivity index (χ0v) is 27.1. The number of rotatable bonds is 6. The lowest BCUT2D eigenvalue weighted by Gasteiger charge is -2.17. The Bertz CT molecular complexity index is 2550. The zero-order chi connectivity index (χ0) is 33.3. The van der Waals surface area contributed by atoms with Crippen LogP contribution in [0.5, 0.6) is 0 Å². The highest BCUT2D eigenvalue weighted by Crippen LogP contribution is 2.41. The minimum Gasteiger partial charge on any atom is -0.256 e. The monoisotopic (exact) mass is 638 g/mol. The van der Waals surface area contributed by atoms with Crippen molar-refractivity contribution < 1.29 is 0 Å². The van der Waals surface area contributed by atoms with Crippen molar-refractivity contribution >= 4 is 21.7 Å². The number of aromatic nitrogens is 4. The first-order valence-electron chi connectivity index (χ1n) is 16.7. The quantitative estimate of drug-likeness (QED) is 0.170. The molecule has 0 fully saturated rings. The standard InChI is InChI=1S/C46H30N4/c1-3-13-31(14-4-1)36-27-37(42-20-10-12-26-48-42)29-38(28-36)46-49-44(34-15-5-2-6-16-34)40-30-35-17-7-8-18-39(35)43(45(40)50-46)33-23-21-32(22-24-33)41-19-9-11-25-47-41/h1-30H.